The Kier molecular flexibility index (Phi) is 6.29. The van der Waals surface area contributed by atoms with Crippen LogP contribution in [0.4, 0.5) is 4.39 Å². The Morgan fingerprint density at radius 3 is 2.61 bits per heavy atom. The van der Waals surface area contributed by atoms with E-state index in [-0.39, 0.29) is 17.5 Å². The second-order valence-electron chi connectivity index (χ2n) is 4.40. The first-order chi connectivity index (χ1) is 8.47. The average Bonchev–Trinajstić information content (AvgIpc) is 2.28. The predicted octanol–water partition coefficient (Wildman–Crippen LogP) is 4.13. The molecule has 0 spiro atoms. The van der Waals surface area contributed by atoms with E-state index in [2.05, 4.69) is 37.2 Å². The minimum atomic E-state index is -0.511. The second kappa shape index (κ2) is 7.24. The standard InChI is InChI=1S/C13H16Br2FNO/c1-8(2)11(6-7-14)17-13(18)12-9(15)4-3-5-10(12)16/h3-5,8,11H,6-7H2,1-2H3,(H,17,18). The summed E-state index contributed by atoms with van der Waals surface area (Å²) in [5, 5.41) is 3.68. The molecule has 1 amide bonds. The number of rotatable bonds is 5. The van der Waals surface area contributed by atoms with Crippen LogP contribution in [0.1, 0.15) is 30.6 Å². The van der Waals surface area contributed by atoms with Crippen LogP contribution in [0.15, 0.2) is 22.7 Å². The van der Waals surface area contributed by atoms with Crippen molar-refractivity contribution in [3.05, 3.63) is 34.1 Å². The average molecular weight is 381 g/mol. The van der Waals surface area contributed by atoms with Gasteiger partial charge in [0.25, 0.3) is 5.91 Å². The number of hydrogen-bond donors (Lipinski definition) is 1. The monoisotopic (exact) mass is 379 g/mol. The summed E-state index contributed by atoms with van der Waals surface area (Å²) >= 11 is 6.56. The van der Waals surface area contributed by atoms with E-state index in [0.29, 0.717) is 10.4 Å². The molecule has 1 rings (SSSR count). The summed E-state index contributed by atoms with van der Waals surface area (Å²) in [7, 11) is 0. The van der Waals surface area contributed by atoms with E-state index in [9.17, 15) is 9.18 Å². The van der Waals surface area contributed by atoms with E-state index in [0.717, 1.165) is 11.8 Å². The number of benzene rings is 1. The highest BCUT2D eigenvalue weighted by molar-refractivity contribution is 9.10. The van der Waals surface area contributed by atoms with Gasteiger partial charge in [-0.15, -0.1) is 0 Å². The molecule has 1 aromatic rings. The Morgan fingerprint density at radius 2 is 2.11 bits per heavy atom. The lowest BCUT2D eigenvalue weighted by molar-refractivity contribution is 0.0920. The molecule has 0 saturated carbocycles. The molecule has 0 aromatic heterocycles. The van der Waals surface area contributed by atoms with Crippen LogP contribution in [0, 0.1) is 11.7 Å². The van der Waals surface area contributed by atoms with Gasteiger partial charge in [-0.3, -0.25) is 4.79 Å². The zero-order valence-corrected chi connectivity index (χ0v) is 13.5. The summed E-state index contributed by atoms with van der Waals surface area (Å²) < 4.78 is 14.1. The number of amides is 1. The van der Waals surface area contributed by atoms with Gasteiger partial charge in [0.05, 0.1) is 5.56 Å². The van der Waals surface area contributed by atoms with Gasteiger partial charge in [-0.05, 0) is 40.4 Å². The molecule has 100 valence electrons. The highest BCUT2D eigenvalue weighted by Crippen LogP contribution is 2.20. The summed E-state index contributed by atoms with van der Waals surface area (Å²) in [6.45, 7) is 4.06. The smallest absolute Gasteiger partial charge is 0.255 e. The van der Waals surface area contributed by atoms with E-state index >= 15 is 0 Å². The van der Waals surface area contributed by atoms with Crippen LogP contribution < -0.4 is 5.32 Å². The van der Waals surface area contributed by atoms with Crippen molar-refractivity contribution in [3.63, 3.8) is 0 Å². The van der Waals surface area contributed by atoms with Gasteiger partial charge in [0.15, 0.2) is 0 Å². The predicted molar refractivity (Wildman–Crippen MR) is 78.6 cm³/mol. The van der Waals surface area contributed by atoms with Crippen LogP contribution in [-0.4, -0.2) is 17.3 Å². The minimum absolute atomic E-state index is 0.0309. The van der Waals surface area contributed by atoms with Gasteiger partial charge in [-0.2, -0.15) is 0 Å². The molecule has 5 heteroatoms. The van der Waals surface area contributed by atoms with Crippen LogP contribution in [0.2, 0.25) is 0 Å². The van der Waals surface area contributed by atoms with Gasteiger partial charge in [0.1, 0.15) is 5.82 Å². The van der Waals surface area contributed by atoms with Crippen molar-refractivity contribution in [2.75, 3.05) is 5.33 Å². The quantitative estimate of drug-likeness (QED) is 0.764. The second-order valence-corrected chi connectivity index (χ2v) is 6.05. The van der Waals surface area contributed by atoms with Gasteiger partial charge in [-0.1, -0.05) is 35.8 Å². The maximum atomic E-state index is 13.6. The number of alkyl halides is 1. The van der Waals surface area contributed by atoms with Crippen molar-refractivity contribution in [1.82, 2.24) is 5.32 Å². The van der Waals surface area contributed by atoms with Crippen molar-refractivity contribution in [2.24, 2.45) is 5.92 Å². The molecule has 0 aliphatic rings. The Morgan fingerprint density at radius 1 is 1.44 bits per heavy atom. The van der Waals surface area contributed by atoms with Gasteiger partial charge in [-0.25, -0.2) is 4.39 Å². The van der Waals surface area contributed by atoms with E-state index in [1.165, 1.54) is 6.07 Å². The molecule has 1 N–H and O–H groups in total. The molecule has 0 radical (unpaired) electrons. The number of halogens is 3. The molecule has 18 heavy (non-hydrogen) atoms. The topological polar surface area (TPSA) is 29.1 Å². The van der Waals surface area contributed by atoms with E-state index in [1.807, 2.05) is 13.8 Å². The van der Waals surface area contributed by atoms with Crippen molar-refractivity contribution in [2.45, 2.75) is 26.3 Å². The number of hydrogen-bond acceptors (Lipinski definition) is 1. The van der Waals surface area contributed by atoms with Crippen LogP contribution in [0.25, 0.3) is 0 Å². The fraction of sp³-hybridized carbons (Fsp3) is 0.462. The molecule has 2 nitrogen and oxygen atoms in total. The number of nitrogens with one attached hydrogen (secondary N) is 1. The first-order valence-electron chi connectivity index (χ1n) is 5.78. The fourth-order valence-electron chi connectivity index (χ4n) is 1.65. The molecule has 0 saturated heterocycles. The molecule has 1 unspecified atom stereocenters. The lowest BCUT2D eigenvalue weighted by Crippen LogP contribution is -2.39. The first kappa shape index (κ1) is 15.6. The van der Waals surface area contributed by atoms with Gasteiger partial charge < -0.3 is 5.32 Å². The molecular weight excluding hydrogens is 365 g/mol. The lowest BCUT2D eigenvalue weighted by atomic mass is 10.0. The molecule has 0 bridgehead atoms. The normalized spacial score (nSPS) is 12.6. The molecule has 0 heterocycles. The van der Waals surface area contributed by atoms with Gasteiger partial charge in [0.2, 0.25) is 0 Å². The van der Waals surface area contributed by atoms with Crippen molar-refractivity contribution in [3.8, 4) is 0 Å². The third-order valence-electron chi connectivity index (χ3n) is 2.73. The highest BCUT2D eigenvalue weighted by atomic mass is 79.9. The van der Waals surface area contributed by atoms with E-state index < -0.39 is 5.82 Å². The summed E-state index contributed by atoms with van der Waals surface area (Å²) in [4.78, 5) is 12.1. The zero-order chi connectivity index (χ0) is 13.7. The maximum Gasteiger partial charge on any atom is 0.255 e. The Balaban J connectivity index is 2.87. The van der Waals surface area contributed by atoms with Crippen LogP contribution in [0.3, 0.4) is 0 Å². The molecule has 0 aliphatic heterocycles. The third kappa shape index (κ3) is 4.05. The largest absolute Gasteiger partial charge is 0.349 e. The summed E-state index contributed by atoms with van der Waals surface area (Å²) in [6, 6.07) is 4.54. The molecule has 1 aromatic carbocycles. The SMILES string of the molecule is CC(C)C(CCBr)NC(=O)c1c(F)cccc1Br. The zero-order valence-electron chi connectivity index (χ0n) is 10.3. The van der Waals surface area contributed by atoms with Crippen LogP contribution >= 0.6 is 31.9 Å². The summed E-state index contributed by atoms with van der Waals surface area (Å²) in [5.74, 6) is -0.583. The van der Waals surface area contributed by atoms with E-state index in [1.54, 1.807) is 12.1 Å². The number of carbonyl (C=O) groups is 1. The lowest BCUT2D eigenvalue weighted by Gasteiger charge is -2.22. The Bertz CT molecular complexity index is 403. The number of carbonyl (C=O) groups excluding carboxylic acids is 1. The molecule has 1 atom stereocenters. The van der Waals surface area contributed by atoms with Crippen molar-refractivity contribution < 1.29 is 9.18 Å². The maximum absolute atomic E-state index is 13.6. The van der Waals surface area contributed by atoms with Gasteiger partial charge >= 0.3 is 0 Å². The highest BCUT2D eigenvalue weighted by Gasteiger charge is 2.20. The van der Waals surface area contributed by atoms with Crippen molar-refractivity contribution in [1.29, 1.82) is 0 Å². The summed E-state index contributed by atoms with van der Waals surface area (Å²) in [5.41, 5.74) is 0.0673. The fourth-order valence-corrected chi connectivity index (χ4v) is 2.66. The molecule has 0 fully saturated rings. The minimum Gasteiger partial charge on any atom is -0.349 e. The van der Waals surface area contributed by atoms with Crippen LogP contribution in [-0.2, 0) is 0 Å². The van der Waals surface area contributed by atoms with Crippen LogP contribution in [0.5, 0.6) is 0 Å². The Hall–Kier alpha value is -0.420. The molecular formula is C13H16Br2FNO. The first-order valence-corrected chi connectivity index (χ1v) is 7.69. The van der Waals surface area contributed by atoms with E-state index in [4.69, 9.17) is 0 Å². The Labute approximate surface area is 124 Å². The molecule has 0 aliphatic carbocycles. The summed E-state index contributed by atoms with van der Waals surface area (Å²) in [6.07, 6.45) is 0.815. The van der Waals surface area contributed by atoms with Gasteiger partial charge in [0, 0.05) is 15.8 Å². The van der Waals surface area contributed by atoms with Crippen molar-refractivity contribution >= 4 is 37.8 Å². The third-order valence-corrected chi connectivity index (χ3v) is 3.85.